The van der Waals surface area contributed by atoms with E-state index in [0.717, 1.165) is 0 Å². The van der Waals surface area contributed by atoms with Gasteiger partial charge in [0.2, 0.25) is 11.8 Å². The second-order valence-electron chi connectivity index (χ2n) is 7.03. The Morgan fingerprint density at radius 2 is 1.77 bits per heavy atom. The molecular weight excluding hydrogens is 442 g/mol. The molecule has 8 nitrogen and oxygen atoms in total. The fourth-order valence-corrected chi connectivity index (χ4v) is 4.94. The number of benzene rings is 2. The topological polar surface area (TPSA) is 104 Å². The molecule has 1 unspecified atom stereocenters. The Kier molecular flexibility index (Phi) is 6.66. The number of carbonyl (C=O) groups is 3. The number of fused-ring (bicyclic) bond motifs is 1. The molecule has 1 atom stereocenters. The Morgan fingerprint density at radius 1 is 1.13 bits per heavy atom. The molecule has 3 rings (SSSR count). The minimum Gasteiger partial charge on any atom is -0.355 e. The number of hydrogen-bond donors (Lipinski definition) is 1. The Morgan fingerprint density at radius 3 is 2.39 bits per heavy atom. The SMILES string of the molecule is CCNC(=O)C(C)N(Cc1ccc(Cl)cc1)C(=O)CN1C(=O)c2ccccc2S1(=O)=O. The predicted octanol–water partition coefficient (Wildman–Crippen LogP) is 2.04. The van der Waals surface area contributed by atoms with Gasteiger partial charge in [-0.2, -0.15) is 0 Å². The smallest absolute Gasteiger partial charge is 0.269 e. The van der Waals surface area contributed by atoms with E-state index in [9.17, 15) is 22.8 Å². The first-order valence-corrected chi connectivity index (χ1v) is 11.5. The minimum atomic E-state index is -4.14. The zero-order chi connectivity index (χ0) is 22.8. The van der Waals surface area contributed by atoms with Crippen molar-refractivity contribution in [3.8, 4) is 0 Å². The maximum atomic E-state index is 13.2. The van der Waals surface area contributed by atoms with E-state index in [1.54, 1.807) is 44.2 Å². The molecule has 0 fully saturated rings. The van der Waals surface area contributed by atoms with Crippen molar-refractivity contribution in [1.82, 2.24) is 14.5 Å². The van der Waals surface area contributed by atoms with E-state index in [-0.39, 0.29) is 22.9 Å². The monoisotopic (exact) mass is 463 g/mol. The Balaban J connectivity index is 1.88. The van der Waals surface area contributed by atoms with Gasteiger partial charge in [-0.3, -0.25) is 14.4 Å². The van der Waals surface area contributed by atoms with Crippen molar-refractivity contribution in [3.05, 3.63) is 64.7 Å². The van der Waals surface area contributed by atoms with Gasteiger partial charge in [-0.25, -0.2) is 12.7 Å². The van der Waals surface area contributed by atoms with Crippen molar-refractivity contribution >= 4 is 39.3 Å². The number of halogens is 1. The molecular formula is C21H22ClN3O5S. The van der Waals surface area contributed by atoms with E-state index in [2.05, 4.69) is 5.32 Å². The number of nitrogens with zero attached hydrogens (tertiary/aromatic N) is 2. The molecule has 2 aromatic rings. The third-order valence-electron chi connectivity index (χ3n) is 4.98. The molecule has 2 aromatic carbocycles. The molecule has 1 N–H and O–H groups in total. The van der Waals surface area contributed by atoms with E-state index in [1.807, 2.05) is 0 Å². The fourth-order valence-electron chi connectivity index (χ4n) is 3.29. The Hall–Kier alpha value is -2.91. The van der Waals surface area contributed by atoms with Gasteiger partial charge in [0.15, 0.2) is 0 Å². The van der Waals surface area contributed by atoms with Crippen LogP contribution in [-0.4, -0.2) is 54.5 Å². The van der Waals surface area contributed by atoms with Crippen molar-refractivity contribution in [3.63, 3.8) is 0 Å². The summed E-state index contributed by atoms with van der Waals surface area (Å²) < 4.78 is 26.1. The first kappa shape index (κ1) is 22.8. The Labute approximate surface area is 185 Å². The normalized spacial score (nSPS) is 15.3. The molecule has 3 amide bonds. The van der Waals surface area contributed by atoms with Crippen molar-refractivity contribution < 1.29 is 22.8 Å². The molecule has 10 heteroatoms. The van der Waals surface area contributed by atoms with Gasteiger partial charge in [0.25, 0.3) is 15.9 Å². The molecule has 0 saturated carbocycles. The predicted molar refractivity (Wildman–Crippen MR) is 115 cm³/mol. The molecule has 164 valence electrons. The largest absolute Gasteiger partial charge is 0.355 e. The van der Waals surface area contributed by atoms with Crippen molar-refractivity contribution in [2.45, 2.75) is 31.3 Å². The highest BCUT2D eigenvalue weighted by Gasteiger charge is 2.43. The lowest BCUT2D eigenvalue weighted by molar-refractivity contribution is -0.140. The average molecular weight is 464 g/mol. The fraction of sp³-hybridized carbons (Fsp3) is 0.286. The van der Waals surface area contributed by atoms with Gasteiger partial charge in [0.1, 0.15) is 17.5 Å². The quantitative estimate of drug-likeness (QED) is 0.676. The van der Waals surface area contributed by atoms with Crippen LogP contribution in [-0.2, 0) is 26.2 Å². The third-order valence-corrected chi connectivity index (χ3v) is 7.01. The van der Waals surface area contributed by atoms with E-state index in [0.29, 0.717) is 21.4 Å². The highest BCUT2D eigenvalue weighted by Crippen LogP contribution is 2.30. The van der Waals surface area contributed by atoms with Gasteiger partial charge in [-0.05, 0) is 43.7 Å². The molecule has 0 bridgehead atoms. The maximum absolute atomic E-state index is 13.2. The van der Waals surface area contributed by atoms with Crippen LogP contribution in [0.25, 0.3) is 0 Å². The summed E-state index contributed by atoms with van der Waals surface area (Å²) >= 11 is 5.91. The van der Waals surface area contributed by atoms with Gasteiger partial charge in [0.05, 0.1) is 5.56 Å². The number of nitrogens with one attached hydrogen (secondary N) is 1. The average Bonchev–Trinajstić information content (AvgIpc) is 2.94. The number of hydrogen-bond acceptors (Lipinski definition) is 5. The van der Waals surface area contributed by atoms with E-state index in [4.69, 9.17) is 11.6 Å². The molecule has 0 aromatic heterocycles. The first-order valence-electron chi connectivity index (χ1n) is 9.64. The standard InChI is InChI=1S/C21H22ClN3O5S/c1-3-23-20(27)14(2)24(12-15-8-10-16(22)11-9-15)19(26)13-25-21(28)17-6-4-5-7-18(17)31(25,29)30/h4-11,14H,3,12-13H2,1-2H3,(H,23,27). The van der Waals surface area contributed by atoms with Crippen LogP contribution in [0.2, 0.25) is 5.02 Å². The van der Waals surface area contributed by atoms with Crippen LogP contribution >= 0.6 is 11.6 Å². The van der Waals surface area contributed by atoms with Crippen molar-refractivity contribution in [2.24, 2.45) is 0 Å². The molecule has 1 aliphatic rings. The van der Waals surface area contributed by atoms with E-state index in [1.165, 1.54) is 23.1 Å². The molecule has 0 radical (unpaired) electrons. The molecule has 0 spiro atoms. The second-order valence-corrected chi connectivity index (χ2v) is 9.30. The summed E-state index contributed by atoms with van der Waals surface area (Å²) in [6.07, 6.45) is 0. The van der Waals surface area contributed by atoms with Crippen LogP contribution < -0.4 is 5.32 Å². The van der Waals surface area contributed by atoms with Crippen LogP contribution in [0.3, 0.4) is 0 Å². The summed E-state index contributed by atoms with van der Waals surface area (Å²) in [7, 11) is -4.14. The number of sulfonamides is 1. The zero-order valence-corrected chi connectivity index (χ0v) is 18.6. The minimum absolute atomic E-state index is 0.0244. The lowest BCUT2D eigenvalue weighted by Crippen LogP contribution is -2.51. The van der Waals surface area contributed by atoms with Crippen molar-refractivity contribution in [2.75, 3.05) is 13.1 Å². The number of carbonyl (C=O) groups excluding carboxylic acids is 3. The van der Waals surface area contributed by atoms with Gasteiger partial charge < -0.3 is 10.2 Å². The molecule has 1 heterocycles. The van der Waals surface area contributed by atoms with Crippen LogP contribution in [0.1, 0.15) is 29.8 Å². The van der Waals surface area contributed by atoms with Gasteiger partial charge in [0, 0.05) is 18.1 Å². The lowest BCUT2D eigenvalue weighted by Gasteiger charge is -2.30. The van der Waals surface area contributed by atoms with Gasteiger partial charge in [-0.1, -0.05) is 35.9 Å². The molecule has 1 aliphatic heterocycles. The summed E-state index contributed by atoms with van der Waals surface area (Å²) in [4.78, 5) is 39.4. The Bertz CT molecular complexity index is 1120. The zero-order valence-electron chi connectivity index (χ0n) is 17.0. The lowest BCUT2D eigenvalue weighted by atomic mass is 10.1. The third kappa shape index (κ3) is 4.57. The van der Waals surface area contributed by atoms with Crippen LogP contribution in [0.4, 0.5) is 0 Å². The molecule has 0 saturated heterocycles. The number of amides is 3. The summed E-state index contributed by atoms with van der Waals surface area (Å²) in [6, 6.07) is 11.6. The summed E-state index contributed by atoms with van der Waals surface area (Å²) in [5, 5.41) is 3.17. The van der Waals surface area contributed by atoms with Gasteiger partial charge >= 0.3 is 0 Å². The maximum Gasteiger partial charge on any atom is 0.269 e. The molecule has 0 aliphatic carbocycles. The van der Waals surface area contributed by atoms with E-state index < -0.39 is 34.4 Å². The summed E-state index contributed by atoms with van der Waals surface area (Å²) in [5.41, 5.74) is 0.726. The van der Waals surface area contributed by atoms with Crippen LogP contribution in [0, 0.1) is 0 Å². The molecule has 31 heavy (non-hydrogen) atoms. The van der Waals surface area contributed by atoms with Crippen LogP contribution in [0.5, 0.6) is 0 Å². The number of likely N-dealkylation sites (N-methyl/N-ethyl adjacent to an activating group) is 1. The summed E-state index contributed by atoms with van der Waals surface area (Å²) in [6.45, 7) is 3.02. The first-order chi connectivity index (χ1) is 14.7. The van der Waals surface area contributed by atoms with E-state index >= 15 is 0 Å². The summed E-state index contributed by atoms with van der Waals surface area (Å²) in [5.74, 6) is -1.82. The highest BCUT2D eigenvalue weighted by molar-refractivity contribution is 7.90. The van der Waals surface area contributed by atoms with Crippen LogP contribution in [0.15, 0.2) is 53.4 Å². The van der Waals surface area contributed by atoms with Gasteiger partial charge in [-0.15, -0.1) is 0 Å². The van der Waals surface area contributed by atoms with Crippen molar-refractivity contribution in [1.29, 1.82) is 0 Å². The second kappa shape index (κ2) is 9.07. The highest BCUT2D eigenvalue weighted by atomic mass is 35.5. The number of rotatable bonds is 7.